The van der Waals surface area contributed by atoms with E-state index in [1.165, 1.54) is 56.3 Å². The molecule has 4 fully saturated rings. The first-order valence-corrected chi connectivity index (χ1v) is 11.6. The molecule has 0 radical (unpaired) electrons. The van der Waals surface area contributed by atoms with Crippen molar-refractivity contribution in [3.05, 3.63) is 29.3 Å². The Kier molecular flexibility index (Phi) is 4.97. The highest BCUT2D eigenvalue weighted by Crippen LogP contribution is 2.45. The minimum absolute atomic E-state index is 0.0156. The normalized spacial score (nSPS) is 34.7. The van der Waals surface area contributed by atoms with Crippen LogP contribution in [0, 0.1) is 24.7 Å². The number of carbonyl (C=O) groups excluding carboxylic acids is 1. The molecule has 3 N–H and O–H groups in total. The predicted molar refractivity (Wildman–Crippen MR) is 114 cm³/mol. The molecule has 0 aromatic heterocycles. The summed E-state index contributed by atoms with van der Waals surface area (Å²) in [5.41, 5.74) is 2.61. The molecule has 2 atom stereocenters. The van der Waals surface area contributed by atoms with E-state index in [4.69, 9.17) is 0 Å². The SMILES string of the molecule is Cc1ccc(O)cc1CCC1CN(CC2CC2)C1C1CCC2(CC1)CNC(=O)N2. The molecule has 5 heteroatoms. The number of amides is 2. The minimum atomic E-state index is 0.0156. The molecule has 2 saturated carbocycles. The van der Waals surface area contributed by atoms with Crippen LogP contribution in [-0.4, -0.2) is 47.3 Å². The van der Waals surface area contributed by atoms with Crippen LogP contribution in [0.4, 0.5) is 4.79 Å². The largest absolute Gasteiger partial charge is 0.508 e. The second kappa shape index (κ2) is 7.50. The minimum Gasteiger partial charge on any atom is -0.508 e. The first-order chi connectivity index (χ1) is 14.0. The van der Waals surface area contributed by atoms with Gasteiger partial charge in [0.1, 0.15) is 5.75 Å². The monoisotopic (exact) mass is 397 g/mol. The fraction of sp³-hybridized carbons (Fsp3) is 0.708. The first-order valence-electron chi connectivity index (χ1n) is 11.6. The van der Waals surface area contributed by atoms with Crippen LogP contribution in [0.25, 0.3) is 0 Å². The van der Waals surface area contributed by atoms with Crippen LogP contribution < -0.4 is 10.6 Å². The van der Waals surface area contributed by atoms with Crippen LogP contribution in [0.3, 0.4) is 0 Å². The van der Waals surface area contributed by atoms with E-state index in [1.54, 1.807) is 6.07 Å². The highest BCUT2D eigenvalue weighted by Gasteiger charge is 2.48. The van der Waals surface area contributed by atoms with E-state index < -0.39 is 0 Å². The lowest BCUT2D eigenvalue weighted by molar-refractivity contribution is -0.0454. The van der Waals surface area contributed by atoms with E-state index in [2.05, 4.69) is 22.5 Å². The maximum absolute atomic E-state index is 11.7. The standard InChI is InChI=1S/C24H35N3O2/c1-16-2-7-21(28)12-19(16)5-6-20-14-27(13-17-3-4-17)22(20)18-8-10-24(11-9-18)15-25-23(29)26-24/h2,7,12,17-18,20,22,28H,3-6,8-11,13-15H2,1H3,(H2,25,26,29). The van der Waals surface area contributed by atoms with Gasteiger partial charge in [0.15, 0.2) is 0 Å². The molecular weight excluding hydrogens is 362 g/mol. The van der Waals surface area contributed by atoms with Gasteiger partial charge in [0.05, 0.1) is 5.54 Å². The molecule has 2 amide bonds. The Labute approximate surface area is 174 Å². The topological polar surface area (TPSA) is 64.6 Å². The summed E-state index contributed by atoms with van der Waals surface area (Å²) in [6, 6.07) is 6.51. The number of hydrogen-bond donors (Lipinski definition) is 3. The molecule has 2 heterocycles. The molecule has 1 spiro atoms. The Bertz CT molecular complexity index is 767. The maximum atomic E-state index is 11.7. The number of nitrogens with zero attached hydrogens (tertiary/aromatic N) is 1. The second-order valence-corrected chi connectivity index (χ2v) is 10.2. The molecule has 2 aliphatic heterocycles. The average molecular weight is 398 g/mol. The zero-order valence-electron chi connectivity index (χ0n) is 17.6. The van der Waals surface area contributed by atoms with Crippen LogP contribution in [0.5, 0.6) is 5.75 Å². The van der Waals surface area contributed by atoms with Crippen molar-refractivity contribution >= 4 is 6.03 Å². The van der Waals surface area contributed by atoms with Crippen molar-refractivity contribution in [3.63, 3.8) is 0 Å². The summed E-state index contributed by atoms with van der Waals surface area (Å²) in [6.45, 7) is 5.50. The van der Waals surface area contributed by atoms with Gasteiger partial charge in [-0.2, -0.15) is 0 Å². The highest BCUT2D eigenvalue weighted by molar-refractivity contribution is 5.77. The number of likely N-dealkylation sites (tertiary alicyclic amines) is 1. The van der Waals surface area contributed by atoms with Crippen molar-refractivity contribution in [1.82, 2.24) is 15.5 Å². The number of phenols is 1. The van der Waals surface area contributed by atoms with Gasteiger partial charge in [-0.15, -0.1) is 0 Å². The molecule has 5 rings (SSSR count). The molecule has 1 aromatic carbocycles. The molecule has 0 bridgehead atoms. The van der Waals surface area contributed by atoms with E-state index >= 15 is 0 Å². The number of carbonyl (C=O) groups is 1. The van der Waals surface area contributed by atoms with E-state index in [0.717, 1.165) is 49.6 Å². The Morgan fingerprint density at radius 3 is 2.69 bits per heavy atom. The zero-order valence-corrected chi connectivity index (χ0v) is 17.6. The van der Waals surface area contributed by atoms with Gasteiger partial charge in [-0.25, -0.2) is 4.79 Å². The number of aryl methyl sites for hydroxylation is 2. The van der Waals surface area contributed by atoms with Gasteiger partial charge in [0, 0.05) is 25.7 Å². The summed E-state index contributed by atoms with van der Waals surface area (Å²) in [7, 11) is 0. The molecule has 2 aliphatic carbocycles. The van der Waals surface area contributed by atoms with Gasteiger partial charge in [0.2, 0.25) is 0 Å². The van der Waals surface area contributed by atoms with E-state index in [9.17, 15) is 9.90 Å². The van der Waals surface area contributed by atoms with Crippen molar-refractivity contribution in [2.75, 3.05) is 19.6 Å². The van der Waals surface area contributed by atoms with Crippen LogP contribution in [0.2, 0.25) is 0 Å². The highest BCUT2D eigenvalue weighted by atomic mass is 16.3. The van der Waals surface area contributed by atoms with Crippen molar-refractivity contribution in [3.8, 4) is 5.75 Å². The number of phenolic OH excluding ortho intramolecular Hbond substituents is 1. The third-order valence-corrected chi connectivity index (χ3v) is 8.12. The Balaban J connectivity index is 1.22. The van der Waals surface area contributed by atoms with Gasteiger partial charge in [-0.1, -0.05) is 6.07 Å². The molecule has 158 valence electrons. The fourth-order valence-electron chi connectivity index (χ4n) is 6.15. The molecule has 2 unspecified atom stereocenters. The molecular formula is C24H35N3O2. The van der Waals surface area contributed by atoms with Crippen LogP contribution in [0.15, 0.2) is 18.2 Å². The Hall–Kier alpha value is -1.75. The lowest BCUT2D eigenvalue weighted by atomic mass is 9.67. The quantitative estimate of drug-likeness (QED) is 0.687. The predicted octanol–water partition coefficient (Wildman–Crippen LogP) is 3.59. The summed E-state index contributed by atoms with van der Waals surface area (Å²) >= 11 is 0. The van der Waals surface area contributed by atoms with E-state index in [-0.39, 0.29) is 11.6 Å². The zero-order chi connectivity index (χ0) is 20.0. The van der Waals surface area contributed by atoms with Crippen molar-refractivity contribution < 1.29 is 9.90 Å². The lowest BCUT2D eigenvalue weighted by Gasteiger charge is -2.54. The number of hydrogen-bond acceptors (Lipinski definition) is 3. The van der Waals surface area contributed by atoms with E-state index in [0.29, 0.717) is 5.75 Å². The third kappa shape index (κ3) is 3.98. The number of benzene rings is 1. The number of urea groups is 1. The number of nitrogens with one attached hydrogen (secondary N) is 2. The van der Waals surface area contributed by atoms with Gasteiger partial charge in [0.25, 0.3) is 0 Å². The first kappa shape index (κ1) is 19.2. The average Bonchev–Trinajstić information content (AvgIpc) is 3.44. The summed E-state index contributed by atoms with van der Waals surface area (Å²) in [5, 5.41) is 16.0. The van der Waals surface area contributed by atoms with Crippen molar-refractivity contribution in [2.45, 2.75) is 69.9 Å². The van der Waals surface area contributed by atoms with Gasteiger partial charge in [-0.05, 0) is 99.3 Å². The smallest absolute Gasteiger partial charge is 0.315 e. The van der Waals surface area contributed by atoms with E-state index in [1.807, 2.05) is 12.1 Å². The number of aromatic hydroxyl groups is 1. The molecule has 1 aromatic rings. The fourth-order valence-corrected chi connectivity index (χ4v) is 6.15. The van der Waals surface area contributed by atoms with Crippen molar-refractivity contribution in [2.24, 2.45) is 17.8 Å². The lowest BCUT2D eigenvalue weighted by Crippen LogP contribution is -2.61. The van der Waals surface area contributed by atoms with Crippen LogP contribution in [0.1, 0.15) is 56.1 Å². The summed E-state index contributed by atoms with van der Waals surface area (Å²) in [4.78, 5) is 14.4. The maximum Gasteiger partial charge on any atom is 0.315 e. The number of rotatable bonds is 6. The molecule has 29 heavy (non-hydrogen) atoms. The third-order valence-electron chi connectivity index (χ3n) is 8.12. The van der Waals surface area contributed by atoms with Gasteiger partial charge < -0.3 is 15.7 Å². The second-order valence-electron chi connectivity index (χ2n) is 10.2. The Morgan fingerprint density at radius 1 is 1.21 bits per heavy atom. The molecule has 4 aliphatic rings. The summed E-state index contributed by atoms with van der Waals surface area (Å²) in [6.07, 6.45) is 9.81. The molecule has 5 nitrogen and oxygen atoms in total. The van der Waals surface area contributed by atoms with Crippen molar-refractivity contribution in [1.29, 1.82) is 0 Å². The van der Waals surface area contributed by atoms with Crippen LogP contribution >= 0.6 is 0 Å². The molecule has 2 saturated heterocycles. The summed E-state index contributed by atoms with van der Waals surface area (Å²) in [5.74, 6) is 2.86. The van der Waals surface area contributed by atoms with Gasteiger partial charge >= 0.3 is 6.03 Å². The van der Waals surface area contributed by atoms with Gasteiger partial charge in [-0.3, -0.25) is 4.90 Å². The summed E-state index contributed by atoms with van der Waals surface area (Å²) < 4.78 is 0. The Morgan fingerprint density at radius 2 is 2.00 bits per heavy atom. The van der Waals surface area contributed by atoms with Crippen LogP contribution in [-0.2, 0) is 6.42 Å².